The molecule has 3 aromatic heterocycles. The molecule has 3 heterocycles. The smallest absolute Gasteiger partial charge is 0.137 e. The number of hydrogen-bond acceptors (Lipinski definition) is 3. The van der Waals surface area contributed by atoms with Crippen molar-refractivity contribution in [2.45, 2.75) is 6.92 Å². The first kappa shape index (κ1) is 15.5. The highest BCUT2D eigenvalue weighted by atomic mass is 15.4. The molecule has 27 heavy (non-hydrogen) atoms. The lowest BCUT2D eigenvalue weighted by Gasteiger charge is -2.06. The van der Waals surface area contributed by atoms with Crippen LogP contribution in [0.3, 0.4) is 0 Å². The molecule has 5 aromatic rings. The maximum Gasteiger partial charge on any atom is 0.137 e. The van der Waals surface area contributed by atoms with E-state index in [-0.39, 0.29) is 0 Å². The molecule has 0 N–H and O–H groups in total. The number of aryl methyl sites for hydroxylation is 1. The summed E-state index contributed by atoms with van der Waals surface area (Å²) in [7, 11) is 0. The number of benzene rings is 2. The zero-order chi connectivity index (χ0) is 18.2. The van der Waals surface area contributed by atoms with Gasteiger partial charge in [-0.3, -0.25) is 0 Å². The Morgan fingerprint density at radius 2 is 1.56 bits per heavy atom. The zero-order valence-electron chi connectivity index (χ0n) is 14.8. The molecule has 130 valence electrons. The van der Waals surface area contributed by atoms with Crippen LogP contribution in [0, 0.1) is 6.92 Å². The summed E-state index contributed by atoms with van der Waals surface area (Å²) in [6.45, 7) is 2.08. The fourth-order valence-electron chi connectivity index (χ4n) is 3.25. The standard InChI is InChI=1S/C22H17N5/c1-16-11-12-22-23-20(14-26(22)13-16)18-9-5-6-10-21(18)27-15-19(24-25-27)17-7-3-2-4-8-17/h2-15H,1H3. The molecule has 0 aliphatic heterocycles. The van der Waals surface area contributed by atoms with Crippen molar-refractivity contribution >= 4 is 5.65 Å². The van der Waals surface area contributed by atoms with Crippen molar-refractivity contribution in [1.82, 2.24) is 24.4 Å². The molecular formula is C22H17N5. The summed E-state index contributed by atoms with van der Waals surface area (Å²) in [5.41, 5.74) is 6.89. The molecule has 0 amide bonds. The highest BCUT2D eigenvalue weighted by Crippen LogP contribution is 2.27. The Morgan fingerprint density at radius 3 is 2.44 bits per heavy atom. The number of hydrogen-bond donors (Lipinski definition) is 0. The van der Waals surface area contributed by atoms with Crippen molar-refractivity contribution < 1.29 is 0 Å². The quantitative estimate of drug-likeness (QED) is 0.479. The first-order chi connectivity index (χ1) is 13.3. The summed E-state index contributed by atoms with van der Waals surface area (Å²) in [6.07, 6.45) is 6.09. The van der Waals surface area contributed by atoms with Crippen molar-refractivity contribution in [3.63, 3.8) is 0 Å². The summed E-state index contributed by atoms with van der Waals surface area (Å²) in [6, 6.07) is 22.3. The first-order valence-electron chi connectivity index (χ1n) is 8.81. The Bertz CT molecular complexity index is 1230. The summed E-state index contributed by atoms with van der Waals surface area (Å²) in [5, 5.41) is 8.69. The van der Waals surface area contributed by atoms with Crippen LogP contribution in [0.25, 0.3) is 33.8 Å². The third kappa shape index (κ3) is 2.79. The number of nitrogens with zero attached hydrogens (tertiary/aromatic N) is 5. The number of pyridine rings is 1. The maximum atomic E-state index is 4.78. The highest BCUT2D eigenvalue weighted by Gasteiger charge is 2.13. The Labute approximate surface area is 156 Å². The van der Waals surface area contributed by atoms with Gasteiger partial charge in [-0.2, -0.15) is 0 Å². The van der Waals surface area contributed by atoms with Crippen LogP contribution in [0.4, 0.5) is 0 Å². The van der Waals surface area contributed by atoms with Gasteiger partial charge in [0.2, 0.25) is 0 Å². The molecule has 0 saturated carbocycles. The predicted molar refractivity (Wildman–Crippen MR) is 106 cm³/mol. The van der Waals surface area contributed by atoms with E-state index in [4.69, 9.17) is 4.98 Å². The van der Waals surface area contributed by atoms with Gasteiger partial charge in [-0.05, 0) is 24.6 Å². The average Bonchev–Trinajstić information content (AvgIpc) is 3.35. The fourth-order valence-corrected chi connectivity index (χ4v) is 3.25. The molecule has 0 radical (unpaired) electrons. The molecule has 0 aliphatic rings. The van der Waals surface area contributed by atoms with Crippen LogP contribution in [0.5, 0.6) is 0 Å². The summed E-state index contributed by atoms with van der Waals surface area (Å²) >= 11 is 0. The Balaban J connectivity index is 1.61. The van der Waals surface area contributed by atoms with Gasteiger partial charge in [0.15, 0.2) is 0 Å². The number of fused-ring (bicyclic) bond motifs is 1. The Hall–Kier alpha value is -3.73. The van der Waals surface area contributed by atoms with Crippen LogP contribution in [0.15, 0.2) is 85.3 Å². The van der Waals surface area contributed by atoms with Gasteiger partial charge in [-0.1, -0.05) is 59.8 Å². The molecule has 5 rings (SSSR count). The van der Waals surface area contributed by atoms with E-state index in [0.717, 1.165) is 33.8 Å². The van der Waals surface area contributed by atoms with Crippen molar-refractivity contribution in [3.8, 4) is 28.2 Å². The van der Waals surface area contributed by atoms with E-state index in [9.17, 15) is 0 Å². The summed E-state index contributed by atoms with van der Waals surface area (Å²) in [5.74, 6) is 0. The van der Waals surface area contributed by atoms with Crippen molar-refractivity contribution in [2.75, 3.05) is 0 Å². The fraction of sp³-hybridized carbons (Fsp3) is 0.0455. The highest BCUT2D eigenvalue weighted by molar-refractivity contribution is 5.72. The van der Waals surface area contributed by atoms with Crippen LogP contribution in [0.1, 0.15) is 5.56 Å². The summed E-state index contributed by atoms with van der Waals surface area (Å²) < 4.78 is 3.87. The lowest BCUT2D eigenvalue weighted by atomic mass is 10.1. The molecule has 5 nitrogen and oxygen atoms in total. The summed E-state index contributed by atoms with van der Waals surface area (Å²) in [4.78, 5) is 4.78. The van der Waals surface area contributed by atoms with E-state index in [1.807, 2.05) is 65.5 Å². The zero-order valence-corrected chi connectivity index (χ0v) is 14.8. The number of aromatic nitrogens is 5. The monoisotopic (exact) mass is 351 g/mol. The van der Waals surface area contributed by atoms with E-state index in [0.29, 0.717) is 0 Å². The van der Waals surface area contributed by atoms with E-state index < -0.39 is 0 Å². The molecule has 0 fully saturated rings. The number of para-hydroxylation sites is 1. The lowest BCUT2D eigenvalue weighted by molar-refractivity contribution is 0.805. The van der Waals surface area contributed by atoms with Crippen molar-refractivity contribution in [2.24, 2.45) is 0 Å². The first-order valence-corrected chi connectivity index (χ1v) is 8.81. The second kappa shape index (κ2) is 6.21. The average molecular weight is 351 g/mol. The van der Waals surface area contributed by atoms with Gasteiger partial charge in [-0.15, -0.1) is 5.10 Å². The van der Waals surface area contributed by atoms with E-state index in [1.54, 1.807) is 0 Å². The van der Waals surface area contributed by atoms with Crippen LogP contribution >= 0.6 is 0 Å². The maximum absolute atomic E-state index is 4.78. The topological polar surface area (TPSA) is 48.0 Å². The van der Waals surface area contributed by atoms with Gasteiger partial charge in [0.25, 0.3) is 0 Å². The van der Waals surface area contributed by atoms with Crippen molar-refractivity contribution in [1.29, 1.82) is 0 Å². The van der Waals surface area contributed by atoms with Crippen LogP contribution in [-0.2, 0) is 0 Å². The number of imidazole rings is 1. The van der Waals surface area contributed by atoms with Gasteiger partial charge < -0.3 is 4.40 Å². The minimum atomic E-state index is 0.844. The SMILES string of the molecule is Cc1ccc2nc(-c3ccccc3-n3cc(-c4ccccc4)nn3)cn2c1. The van der Waals surface area contributed by atoms with E-state index >= 15 is 0 Å². The Kier molecular flexibility index (Phi) is 3.57. The Morgan fingerprint density at radius 1 is 0.741 bits per heavy atom. The second-order valence-electron chi connectivity index (χ2n) is 6.53. The minimum absolute atomic E-state index is 0.844. The van der Waals surface area contributed by atoms with E-state index in [1.165, 1.54) is 5.56 Å². The molecule has 2 aromatic carbocycles. The lowest BCUT2D eigenvalue weighted by Crippen LogP contribution is -1.97. The van der Waals surface area contributed by atoms with Crippen molar-refractivity contribution in [3.05, 3.63) is 90.9 Å². The van der Waals surface area contributed by atoms with Crippen LogP contribution in [0.2, 0.25) is 0 Å². The molecular weight excluding hydrogens is 334 g/mol. The number of rotatable bonds is 3. The third-order valence-corrected chi connectivity index (χ3v) is 4.59. The van der Waals surface area contributed by atoms with Gasteiger partial charge in [0.05, 0.1) is 17.6 Å². The van der Waals surface area contributed by atoms with Crippen LogP contribution in [-0.4, -0.2) is 24.4 Å². The van der Waals surface area contributed by atoms with Gasteiger partial charge in [0.1, 0.15) is 11.3 Å². The van der Waals surface area contributed by atoms with Gasteiger partial charge in [0, 0.05) is 23.5 Å². The molecule has 0 unspecified atom stereocenters. The minimum Gasteiger partial charge on any atom is -0.306 e. The molecule has 0 saturated heterocycles. The molecule has 0 aliphatic carbocycles. The third-order valence-electron chi connectivity index (χ3n) is 4.59. The molecule has 0 atom stereocenters. The van der Waals surface area contributed by atoms with E-state index in [2.05, 4.69) is 46.2 Å². The molecule has 0 bridgehead atoms. The molecule has 5 heteroatoms. The second-order valence-corrected chi connectivity index (χ2v) is 6.53. The molecule has 0 spiro atoms. The van der Waals surface area contributed by atoms with Gasteiger partial charge >= 0.3 is 0 Å². The largest absolute Gasteiger partial charge is 0.306 e. The normalized spacial score (nSPS) is 11.1. The van der Waals surface area contributed by atoms with Crippen LogP contribution < -0.4 is 0 Å². The van der Waals surface area contributed by atoms with Gasteiger partial charge in [-0.25, -0.2) is 9.67 Å². The predicted octanol–water partition coefficient (Wildman–Crippen LogP) is 4.56.